The molecule has 5 heteroatoms. The first-order valence-electron chi connectivity index (χ1n) is 4.20. The van der Waals surface area contributed by atoms with Crippen molar-refractivity contribution in [1.82, 2.24) is 14.9 Å². The first kappa shape index (κ1) is 10.8. The van der Waals surface area contributed by atoms with Crippen molar-refractivity contribution in [3.63, 3.8) is 0 Å². The molecule has 0 unspecified atom stereocenters. The van der Waals surface area contributed by atoms with Crippen LogP contribution in [0.5, 0.6) is 0 Å². The van der Waals surface area contributed by atoms with Gasteiger partial charge in [-0.2, -0.15) is 0 Å². The van der Waals surface area contributed by atoms with Gasteiger partial charge >= 0.3 is 0 Å². The van der Waals surface area contributed by atoms with Gasteiger partial charge in [0.1, 0.15) is 0 Å². The topological polar surface area (TPSA) is 29.9 Å². The van der Waals surface area contributed by atoms with Crippen LogP contribution in [0.25, 0.3) is 0 Å². The van der Waals surface area contributed by atoms with Crippen molar-refractivity contribution in [3.05, 3.63) is 17.7 Å². The molecule has 2 heterocycles. The Labute approximate surface area is 89.7 Å². The van der Waals surface area contributed by atoms with Crippen molar-refractivity contribution in [2.45, 2.75) is 32.0 Å². The Bertz CT molecular complexity index is 294. The van der Waals surface area contributed by atoms with Crippen molar-refractivity contribution in [2.75, 3.05) is 0 Å². The van der Waals surface area contributed by atoms with Crippen LogP contribution in [0, 0.1) is 0 Å². The van der Waals surface area contributed by atoms with Gasteiger partial charge < -0.3 is 9.88 Å². The monoisotopic (exact) mass is 221 g/mol. The summed E-state index contributed by atoms with van der Waals surface area (Å²) in [6, 6.07) is 0.783. The van der Waals surface area contributed by atoms with Crippen molar-refractivity contribution < 1.29 is 0 Å². The van der Waals surface area contributed by atoms with Crippen LogP contribution in [0.1, 0.15) is 30.3 Å². The van der Waals surface area contributed by atoms with Crippen molar-refractivity contribution in [2.24, 2.45) is 0 Å². The van der Waals surface area contributed by atoms with E-state index < -0.39 is 0 Å². The second kappa shape index (κ2) is 3.86. The predicted molar refractivity (Wildman–Crippen MR) is 55.5 cm³/mol. The van der Waals surface area contributed by atoms with Gasteiger partial charge in [0.25, 0.3) is 0 Å². The van der Waals surface area contributed by atoms with E-state index in [1.165, 1.54) is 24.2 Å². The molecule has 0 amide bonds. The van der Waals surface area contributed by atoms with E-state index >= 15 is 0 Å². The molecule has 1 aliphatic heterocycles. The summed E-state index contributed by atoms with van der Waals surface area (Å²) in [7, 11) is 0. The lowest BCUT2D eigenvalue weighted by atomic mass is 10.4. The van der Waals surface area contributed by atoms with Crippen LogP contribution in [0.3, 0.4) is 0 Å². The van der Waals surface area contributed by atoms with Crippen LogP contribution in [-0.2, 0) is 13.1 Å². The molecule has 3 nitrogen and oxygen atoms in total. The van der Waals surface area contributed by atoms with Gasteiger partial charge in [-0.05, 0) is 12.8 Å². The molecule has 1 N–H and O–H groups in total. The molecule has 74 valence electrons. The van der Waals surface area contributed by atoms with Crippen LogP contribution in [-0.4, -0.2) is 9.55 Å². The van der Waals surface area contributed by atoms with Crippen LogP contribution in [0.2, 0.25) is 0 Å². The second-order valence-electron chi connectivity index (χ2n) is 3.38. The Kier molecular flexibility index (Phi) is 3.22. The number of aromatic nitrogens is 2. The molecule has 3 rings (SSSR count). The van der Waals surface area contributed by atoms with Crippen LogP contribution < -0.4 is 5.32 Å². The predicted octanol–water partition coefficient (Wildman–Crippen LogP) is 1.66. The molecule has 2 aliphatic rings. The Morgan fingerprint density at radius 3 is 2.77 bits per heavy atom. The van der Waals surface area contributed by atoms with Crippen molar-refractivity contribution >= 4 is 24.8 Å². The van der Waals surface area contributed by atoms with E-state index in [1.54, 1.807) is 0 Å². The SMILES string of the molecule is Cl.Cl.c1nc2c(n1C1CC1)CNC2. The first-order chi connectivity index (χ1) is 5.45. The standard InChI is InChI=1S/C8H11N3.2ClH/c1-2-6(1)11-5-10-7-3-9-4-8(7)11;;/h5-6,9H,1-4H2;2*1H. The van der Waals surface area contributed by atoms with E-state index in [-0.39, 0.29) is 24.8 Å². The van der Waals surface area contributed by atoms with Crippen LogP contribution in [0.4, 0.5) is 0 Å². The minimum Gasteiger partial charge on any atom is -0.330 e. The molecule has 1 saturated carbocycles. The summed E-state index contributed by atoms with van der Waals surface area (Å²) in [6.45, 7) is 1.99. The highest BCUT2D eigenvalue weighted by molar-refractivity contribution is 5.85. The third-order valence-electron chi connectivity index (χ3n) is 2.51. The average Bonchev–Trinajstić information content (AvgIpc) is 2.63. The van der Waals surface area contributed by atoms with E-state index in [2.05, 4.69) is 14.9 Å². The molecule has 0 saturated heterocycles. The highest BCUT2D eigenvalue weighted by atomic mass is 35.5. The summed E-state index contributed by atoms with van der Waals surface area (Å²) in [4.78, 5) is 4.36. The fourth-order valence-electron chi connectivity index (χ4n) is 1.73. The summed E-state index contributed by atoms with van der Waals surface area (Å²) in [5.41, 5.74) is 2.68. The molecular formula is C8H13Cl2N3. The number of imidazole rings is 1. The van der Waals surface area contributed by atoms with Gasteiger partial charge in [0.15, 0.2) is 0 Å². The molecule has 1 fully saturated rings. The molecule has 13 heavy (non-hydrogen) atoms. The minimum atomic E-state index is 0. The van der Waals surface area contributed by atoms with E-state index in [4.69, 9.17) is 0 Å². The molecule has 1 aliphatic carbocycles. The zero-order valence-electron chi connectivity index (χ0n) is 7.19. The van der Waals surface area contributed by atoms with Gasteiger partial charge in [-0.3, -0.25) is 0 Å². The van der Waals surface area contributed by atoms with E-state index in [0.29, 0.717) is 0 Å². The van der Waals surface area contributed by atoms with E-state index in [0.717, 1.165) is 19.1 Å². The summed E-state index contributed by atoms with van der Waals surface area (Å²) >= 11 is 0. The van der Waals surface area contributed by atoms with Gasteiger partial charge in [0.05, 0.1) is 17.7 Å². The Hall–Kier alpha value is -0.250. The van der Waals surface area contributed by atoms with Crippen LogP contribution in [0.15, 0.2) is 6.33 Å². The molecule has 0 radical (unpaired) electrons. The number of fused-ring (bicyclic) bond motifs is 1. The maximum atomic E-state index is 4.36. The number of hydrogen-bond donors (Lipinski definition) is 1. The van der Waals surface area contributed by atoms with E-state index in [1.807, 2.05) is 6.33 Å². The lowest BCUT2D eigenvalue weighted by Gasteiger charge is -2.01. The second-order valence-corrected chi connectivity index (χ2v) is 3.38. The number of rotatable bonds is 1. The zero-order valence-corrected chi connectivity index (χ0v) is 8.83. The number of nitrogens with zero attached hydrogens (tertiary/aromatic N) is 2. The maximum Gasteiger partial charge on any atom is 0.0955 e. The summed E-state index contributed by atoms with van der Waals surface area (Å²) in [5.74, 6) is 0. The maximum absolute atomic E-state index is 4.36. The van der Waals surface area contributed by atoms with Crippen molar-refractivity contribution in [3.8, 4) is 0 Å². The number of hydrogen-bond acceptors (Lipinski definition) is 2. The lowest BCUT2D eigenvalue weighted by Crippen LogP contribution is -2.05. The molecule has 0 aromatic carbocycles. The summed E-state index contributed by atoms with van der Waals surface area (Å²) < 4.78 is 2.34. The fraction of sp³-hybridized carbons (Fsp3) is 0.625. The number of nitrogens with one attached hydrogen (secondary N) is 1. The molecule has 0 atom stereocenters. The zero-order chi connectivity index (χ0) is 7.26. The highest BCUT2D eigenvalue weighted by Crippen LogP contribution is 2.36. The largest absolute Gasteiger partial charge is 0.330 e. The molecule has 0 bridgehead atoms. The lowest BCUT2D eigenvalue weighted by molar-refractivity contribution is 0.660. The van der Waals surface area contributed by atoms with Gasteiger partial charge in [0, 0.05) is 19.1 Å². The number of halogens is 2. The first-order valence-corrected chi connectivity index (χ1v) is 4.20. The third kappa shape index (κ3) is 1.68. The Morgan fingerprint density at radius 2 is 2.08 bits per heavy atom. The minimum absolute atomic E-state index is 0. The van der Waals surface area contributed by atoms with Gasteiger partial charge in [-0.25, -0.2) is 4.98 Å². The van der Waals surface area contributed by atoms with Gasteiger partial charge in [-0.1, -0.05) is 0 Å². The fourth-order valence-corrected chi connectivity index (χ4v) is 1.73. The van der Waals surface area contributed by atoms with E-state index in [9.17, 15) is 0 Å². The quantitative estimate of drug-likeness (QED) is 0.783. The van der Waals surface area contributed by atoms with Gasteiger partial charge in [-0.15, -0.1) is 24.8 Å². The van der Waals surface area contributed by atoms with Gasteiger partial charge in [0.2, 0.25) is 0 Å². The third-order valence-corrected chi connectivity index (χ3v) is 2.51. The molecule has 0 spiro atoms. The molecule has 1 aromatic heterocycles. The molecular weight excluding hydrogens is 209 g/mol. The Morgan fingerprint density at radius 1 is 1.31 bits per heavy atom. The average molecular weight is 222 g/mol. The van der Waals surface area contributed by atoms with Crippen LogP contribution >= 0.6 is 24.8 Å². The highest BCUT2D eigenvalue weighted by Gasteiger charge is 2.28. The van der Waals surface area contributed by atoms with Crippen molar-refractivity contribution in [1.29, 1.82) is 0 Å². The normalized spacial score (nSPS) is 18.8. The Balaban J connectivity index is 0.000000422. The summed E-state index contributed by atoms with van der Waals surface area (Å²) in [6.07, 6.45) is 4.70. The molecule has 1 aromatic rings. The summed E-state index contributed by atoms with van der Waals surface area (Å²) in [5, 5.41) is 3.31. The smallest absolute Gasteiger partial charge is 0.0955 e.